The zero-order chi connectivity index (χ0) is 15.7. The topological polar surface area (TPSA) is 61.8 Å². The van der Waals surface area contributed by atoms with E-state index < -0.39 is 6.10 Å². The predicted octanol–water partition coefficient (Wildman–Crippen LogP) is 1.35. The number of carbonyl (C=O) groups excluding carboxylic acids is 1. The molecule has 0 saturated carbocycles. The van der Waals surface area contributed by atoms with Crippen LogP contribution in [0, 0.1) is 0 Å². The Hall–Kier alpha value is -1.14. The molecule has 2 aliphatic rings. The first kappa shape index (κ1) is 15.7. The van der Waals surface area contributed by atoms with Gasteiger partial charge >= 0.3 is 0 Å². The number of hydrogen-bond donors (Lipinski definition) is 2. The molecule has 6 heteroatoms. The van der Waals surface area contributed by atoms with Crippen molar-refractivity contribution < 1.29 is 14.6 Å². The van der Waals surface area contributed by atoms with Crippen LogP contribution in [-0.2, 0) is 9.53 Å². The van der Waals surface area contributed by atoms with E-state index in [0.29, 0.717) is 12.6 Å². The highest BCUT2D eigenvalue weighted by Gasteiger charge is 2.38. The van der Waals surface area contributed by atoms with E-state index in [4.69, 9.17) is 16.3 Å². The summed E-state index contributed by atoms with van der Waals surface area (Å²) >= 11 is 5.92. The van der Waals surface area contributed by atoms with Crippen LogP contribution in [0.4, 0.5) is 0 Å². The fourth-order valence-electron chi connectivity index (χ4n) is 3.18. The van der Waals surface area contributed by atoms with E-state index in [-0.39, 0.29) is 18.1 Å². The van der Waals surface area contributed by atoms with E-state index in [1.165, 1.54) is 6.92 Å². The molecule has 0 unspecified atom stereocenters. The molecule has 120 valence electrons. The van der Waals surface area contributed by atoms with Crippen LogP contribution < -0.4 is 5.32 Å². The third-order valence-corrected chi connectivity index (χ3v) is 4.64. The Kier molecular flexibility index (Phi) is 4.68. The van der Waals surface area contributed by atoms with Crippen LogP contribution in [0.25, 0.3) is 0 Å². The Balaban J connectivity index is 1.59. The molecule has 0 bridgehead atoms. The number of amides is 1. The number of fused-ring (bicyclic) bond motifs is 1. The van der Waals surface area contributed by atoms with Gasteiger partial charge in [0.1, 0.15) is 6.10 Å². The number of nitrogens with zero attached hydrogens (tertiary/aromatic N) is 1. The first-order chi connectivity index (χ1) is 10.5. The van der Waals surface area contributed by atoms with E-state index >= 15 is 0 Å². The van der Waals surface area contributed by atoms with Crippen molar-refractivity contribution in [3.8, 4) is 0 Å². The van der Waals surface area contributed by atoms with Crippen molar-refractivity contribution in [1.82, 2.24) is 10.2 Å². The molecule has 2 fully saturated rings. The zero-order valence-electron chi connectivity index (χ0n) is 12.5. The molecule has 1 aromatic rings. The Morgan fingerprint density at radius 3 is 2.82 bits per heavy atom. The van der Waals surface area contributed by atoms with Crippen molar-refractivity contribution in [3.05, 3.63) is 34.9 Å². The van der Waals surface area contributed by atoms with Gasteiger partial charge < -0.3 is 15.2 Å². The molecule has 0 radical (unpaired) electrons. The first-order valence-electron chi connectivity index (χ1n) is 7.62. The summed E-state index contributed by atoms with van der Waals surface area (Å²) in [5.41, 5.74) is 1.12. The maximum absolute atomic E-state index is 11.6. The molecule has 2 N–H and O–H groups in total. The minimum atomic E-state index is -0.962. The van der Waals surface area contributed by atoms with E-state index in [2.05, 4.69) is 10.2 Å². The predicted molar refractivity (Wildman–Crippen MR) is 83.7 cm³/mol. The number of hydrogen-bond acceptors (Lipinski definition) is 4. The lowest BCUT2D eigenvalue weighted by Gasteiger charge is -2.35. The molecule has 22 heavy (non-hydrogen) atoms. The number of halogens is 1. The summed E-state index contributed by atoms with van der Waals surface area (Å²) in [7, 11) is 0. The molecule has 0 aliphatic carbocycles. The third kappa shape index (κ3) is 3.43. The molecular formula is C16H21ClN2O3. The van der Waals surface area contributed by atoms with Gasteiger partial charge in [0.05, 0.1) is 12.7 Å². The Labute approximate surface area is 135 Å². The van der Waals surface area contributed by atoms with Crippen molar-refractivity contribution in [3.63, 3.8) is 0 Å². The minimum absolute atomic E-state index is 0.0414. The fraction of sp³-hybridized carbons (Fsp3) is 0.562. The summed E-state index contributed by atoms with van der Waals surface area (Å²) in [5, 5.41) is 12.9. The summed E-state index contributed by atoms with van der Waals surface area (Å²) in [6, 6.07) is 8.17. The van der Waals surface area contributed by atoms with E-state index in [1.54, 1.807) is 0 Å². The molecular weight excluding hydrogens is 304 g/mol. The molecule has 2 saturated heterocycles. The van der Waals surface area contributed by atoms with Gasteiger partial charge in [0.15, 0.2) is 0 Å². The minimum Gasteiger partial charge on any atom is -0.384 e. The van der Waals surface area contributed by atoms with Gasteiger partial charge in [0.2, 0.25) is 5.91 Å². The molecule has 0 aromatic heterocycles. The number of carbonyl (C=O) groups is 1. The lowest BCUT2D eigenvalue weighted by atomic mass is 10.1. The van der Waals surface area contributed by atoms with Gasteiger partial charge in [-0.15, -0.1) is 0 Å². The smallest absolute Gasteiger partial charge is 0.248 e. The van der Waals surface area contributed by atoms with Gasteiger partial charge in [-0.25, -0.2) is 0 Å². The highest BCUT2D eigenvalue weighted by molar-refractivity contribution is 6.30. The highest BCUT2D eigenvalue weighted by Crippen LogP contribution is 2.30. The van der Waals surface area contributed by atoms with Gasteiger partial charge in [-0.1, -0.05) is 23.7 Å². The van der Waals surface area contributed by atoms with E-state index in [1.807, 2.05) is 24.3 Å². The second kappa shape index (κ2) is 6.54. The average Bonchev–Trinajstić information content (AvgIpc) is 2.89. The summed E-state index contributed by atoms with van der Waals surface area (Å²) in [4.78, 5) is 14.0. The van der Waals surface area contributed by atoms with Gasteiger partial charge in [0, 0.05) is 30.2 Å². The van der Waals surface area contributed by atoms with Crippen LogP contribution in [0.3, 0.4) is 0 Å². The average molecular weight is 325 g/mol. The number of aliphatic hydroxyl groups is 1. The lowest BCUT2D eigenvalue weighted by Crippen LogP contribution is -2.43. The van der Waals surface area contributed by atoms with Crippen LogP contribution in [0.5, 0.6) is 0 Å². The zero-order valence-corrected chi connectivity index (χ0v) is 13.3. The van der Waals surface area contributed by atoms with Crippen molar-refractivity contribution in [2.24, 2.45) is 0 Å². The molecule has 0 spiro atoms. The van der Waals surface area contributed by atoms with Crippen LogP contribution in [0.15, 0.2) is 24.3 Å². The van der Waals surface area contributed by atoms with Gasteiger partial charge in [-0.3, -0.25) is 9.69 Å². The van der Waals surface area contributed by atoms with Gasteiger partial charge in [-0.05, 0) is 31.0 Å². The third-order valence-electron chi connectivity index (χ3n) is 4.39. The van der Waals surface area contributed by atoms with Crippen molar-refractivity contribution >= 4 is 17.5 Å². The first-order valence-corrected chi connectivity index (χ1v) is 8.00. The molecule has 2 heterocycles. The Bertz CT molecular complexity index is 535. The molecule has 5 nitrogen and oxygen atoms in total. The molecule has 3 rings (SSSR count). The Morgan fingerprint density at radius 2 is 2.14 bits per heavy atom. The second-order valence-electron chi connectivity index (χ2n) is 6.10. The summed E-state index contributed by atoms with van der Waals surface area (Å²) in [6.45, 7) is 3.76. The fourth-order valence-corrected chi connectivity index (χ4v) is 3.31. The summed E-state index contributed by atoms with van der Waals surface area (Å²) in [5.74, 6) is -0.306. The number of rotatable bonds is 3. The SMILES string of the molecule is C[C@H](O)C(=O)N[C@@H]1C[C@H]2CO[C@@H](c3ccc(Cl)cc3)CN2C1. The highest BCUT2D eigenvalue weighted by atomic mass is 35.5. The summed E-state index contributed by atoms with van der Waals surface area (Å²) in [6.07, 6.45) is -0.0540. The maximum Gasteiger partial charge on any atom is 0.248 e. The maximum atomic E-state index is 11.6. The standard InChI is InChI=1S/C16H21ClN2O3/c1-10(20)16(21)18-13-6-14-9-22-15(8-19(14)7-13)11-2-4-12(17)5-3-11/h2-5,10,13-15,20H,6-9H2,1H3,(H,18,21)/t10-,13+,14-,15+/m0/s1. The van der Waals surface area contributed by atoms with Crippen LogP contribution in [0.2, 0.25) is 5.02 Å². The normalized spacial score (nSPS) is 29.9. The quantitative estimate of drug-likeness (QED) is 0.881. The number of nitrogens with one attached hydrogen (secondary N) is 1. The van der Waals surface area contributed by atoms with Crippen molar-refractivity contribution in [2.75, 3.05) is 19.7 Å². The molecule has 1 aromatic carbocycles. The van der Waals surface area contributed by atoms with Gasteiger partial charge in [-0.2, -0.15) is 0 Å². The lowest BCUT2D eigenvalue weighted by molar-refractivity contribution is -0.129. The largest absolute Gasteiger partial charge is 0.384 e. The number of ether oxygens (including phenoxy) is 1. The van der Waals surface area contributed by atoms with Crippen LogP contribution >= 0.6 is 11.6 Å². The summed E-state index contributed by atoms with van der Waals surface area (Å²) < 4.78 is 5.97. The number of benzene rings is 1. The molecule has 1 amide bonds. The number of morpholine rings is 1. The van der Waals surface area contributed by atoms with Gasteiger partial charge in [0.25, 0.3) is 0 Å². The molecule has 4 atom stereocenters. The van der Waals surface area contributed by atoms with Crippen LogP contribution in [0.1, 0.15) is 25.0 Å². The van der Waals surface area contributed by atoms with Crippen LogP contribution in [-0.4, -0.2) is 53.8 Å². The van der Waals surface area contributed by atoms with Crippen molar-refractivity contribution in [1.29, 1.82) is 0 Å². The van der Waals surface area contributed by atoms with E-state index in [0.717, 1.165) is 30.1 Å². The Morgan fingerprint density at radius 1 is 1.41 bits per heavy atom. The number of aliphatic hydroxyl groups excluding tert-OH is 1. The molecule has 2 aliphatic heterocycles. The van der Waals surface area contributed by atoms with Crippen molar-refractivity contribution in [2.45, 2.75) is 37.6 Å². The van der Waals surface area contributed by atoms with E-state index in [9.17, 15) is 9.90 Å². The second-order valence-corrected chi connectivity index (χ2v) is 6.53. The monoisotopic (exact) mass is 324 g/mol.